The molecule has 0 spiro atoms. The maximum atomic E-state index is 12.7. The number of rotatable bonds is 0. The van der Waals surface area contributed by atoms with Crippen LogP contribution in [0, 0.1) is 0 Å². The molecule has 1 aromatic heterocycles. The van der Waals surface area contributed by atoms with Crippen molar-refractivity contribution < 1.29 is 14.3 Å². The van der Waals surface area contributed by atoms with Gasteiger partial charge in [0.05, 0.1) is 22.7 Å². The van der Waals surface area contributed by atoms with E-state index in [1.807, 2.05) is 20.8 Å². The molecule has 3 heterocycles. The van der Waals surface area contributed by atoms with Crippen molar-refractivity contribution in [2.45, 2.75) is 51.8 Å². The van der Waals surface area contributed by atoms with Crippen molar-refractivity contribution in [2.75, 3.05) is 18.8 Å². The highest BCUT2D eigenvalue weighted by Gasteiger charge is 2.46. The third kappa shape index (κ3) is 2.99. The molecular formula is C15H22N4O3S. The number of aromatic nitrogens is 1. The molecule has 1 saturated heterocycles. The van der Waals surface area contributed by atoms with Gasteiger partial charge in [-0.3, -0.25) is 9.69 Å². The number of nitrogen functional groups attached to an aromatic ring is 1. The highest BCUT2D eigenvalue weighted by molar-refractivity contribution is 7.15. The molecule has 2 N–H and O–H groups in total. The van der Waals surface area contributed by atoms with Gasteiger partial charge in [-0.1, -0.05) is 11.3 Å². The fourth-order valence-corrected chi connectivity index (χ4v) is 4.15. The molecule has 2 bridgehead atoms. The van der Waals surface area contributed by atoms with Crippen molar-refractivity contribution >= 4 is 28.5 Å². The van der Waals surface area contributed by atoms with E-state index < -0.39 is 5.60 Å². The van der Waals surface area contributed by atoms with Gasteiger partial charge in [0.1, 0.15) is 5.60 Å². The van der Waals surface area contributed by atoms with Crippen LogP contribution in [0.3, 0.4) is 0 Å². The molecule has 0 aliphatic carbocycles. The van der Waals surface area contributed by atoms with Crippen molar-refractivity contribution in [1.82, 2.24) is 14.8 Å². The van der Waals surface area contributed by atoms with E-state index in [1.165, 1.54) is 11.3 Å². The molecule has 0 radical (unpaired) electrons. The molecule has 2 aliphatic rings. The molecule has 7 nitrogen and oxygen atoms in total. The molecule has 126 valence electrons. The van der Waals surface area contributed by atoms with Gasteiger partial charge in [-0.25, -0.2) is 9.78 Å². The quantitative estimate of drug-likeness (QED) is 0.779. The summed E-state index contributed by atoms with van der Waals surface area (Å²) in [4.78, 5) is 33.4. The van der Waals surface area contributed by atoms with Gasteiger partial charge < -0.3 is 15.4 Å². The smallest absolute Gasteiger partial charge is 0.411 e. The topological polar surface area (TPSA) is 88.8 Å². The Morgan fingerprint density at radius 1 is 1.35 bits per heavy atom. The van der Waals surface area contributed by atoms with E-state index in [0.717, 1.165) is 10.6 Å². The molecule has 1 aromatic rings. The molecule has 23 heavy (non-hydrogen) atoms. The minimum atomic E-state index is -0.557. The van der Waals surface area contributed by atoms with E-state index in [9.17, 15) is 9.59 Å². The van der Waals surface area contributed by atoms with Gasteiger partial charge in [0.15, 0.2) is 5.13 Å². The van der Waals surface area contributed by atoms with Crippen LogP contribution in [0.15, 0.2) is 0 Å². The van der Waals surface area contributed by atoms with Crippen LogP contribution in [0.1, 0.15) is 44.3 Å². The Hall–Kier alpha value is -1.83. The van der Waals surface area contributed by atoms with Gasteiger partial charge in [-0.05, 0) is 20.8 Å². The molecular weight excluding hydrogens is 316 g/mol. The summed E-state index contributed by atoms with van der Waals surface area (Å²) in [5.74, 6) is 0.0183. The number of nitrogens with two attached hydrogens (primary N) is 1. The predicted molar refractivity (Wildman–Crippen MR) is 87.1 cm³/mol. The van der Waals surface area contributed by atoms with Crippen LogP contribution in [-0.2, 0) is 16.0 Å². The van der Waals surface area contributed by atoms with Crippen LogP contribution in [0.5, 0.6) is 0 Å². The first kappa shape index (κ1) is 16.0. The number of anilines is 1. The lowest BCUT2D eigenvalue weighted by Crippen LogP contribution is -2.60. The summed E-state index contributed by atoms with van der Waals surface area (Å²) in [5, 5.41) is 0.501. The normalized spacial score (nSPS) is 23.5. The average molecular weight is 338 g/mol. The van der Waals surface area contributed by atoms with Crippen molar-refractivity contribution in [2.24, 2.45) is 0 Å². The Bertz CT molecular complexity index is 652. The Balaban J connectivity index is 1.95. The first-order chi connectivity index (χ1) is 10.7. The van der Waals surface area contributed by atoms with Crippen LogP contribution >= 0.6 is 11.3 Å². The van der Waals surface area contributed by atoms with E-state index in [0.29, 0.717) is 24.6 Å². The van der Waals surface area contributed by atoms with Crippen LogP contribution in [0.4, 0.5) is 9.93 Å². The molecule has 0 aromatic carbocycles. The summed E-state index contributed by atoms with van der Waals surface area (Å²) in [5.41, 5.74) is 6.24. The standard InChI is InChI=1S/C15H22N4O3S/c1-8(20)18-6-9-5-10-12(23-13(16)17-10)11(7-18)19(9)14(21)22-15(2,3)4/h9,11H,5-7H2,1-4H3,(H2,16,17). The van der Waals surface area contributed by atoms with Gasteiger partial charge in [0.25, 0.3) is 0 Å². The fraction of sp³-hybridized carbons (Fsp3) is 0.667. The van der Waals surface area contributed by atoms with Gasteiger partial charge in [-0.15, -0.1) is 0 Å². The summed E-state index contributed by atoms with van der Waals surface area (Å²) in [6, 6.07) is -0.354. The first-order valence-electron chi connectivity index (χ1n) is 7.67. The number of carbonyl (C=O) groups excluding carboxylic acids is 2. The second-order valence-electron chi connectivity index (χ2n) is 7.05. The lowest BCUT2D eigenvalue weighted by Gasteiger charge is -2.48. The number of piperazine rings is 1. The van der Waals surface area contributed by atoms with Gasteiger partial charge in [0.2, 0.25) is 5.91 Å². The van der Waals surface area contributed by atoms with Gasteiger partial charge in [-0.2, -0.15) is 0 Å². The number of nitrogens with zero attached hydrogens (tertiary/aromatic N) is 3. The molecule has 2 amide bonds. The molecule has 2 atom stereocenters. The summed E-state index contributed by atoms with van der Waals surface area (Å²) >= 11 is 1.39. The van der Waals surface area contributed by atoms with Crippen LogP contribution < -0.4 is 5.73 Å². The molecule has 1 fully saturated rings. The van der Waals surface area contributed by atoms with Crippen LogP contribution in [-0.4, -0.2) is 51.5 Å². The number of hydrogen-bond acceptors (Lipinski definition) is 6. The van der Waals surface area contributed by atoms with E-state index >= 15 is 0 Å². The monoisotopic (exact) mass is 338 g/mol. The third-order valence-corrected chi connectivity index (χ3v) is 5.11. The summed E-state index contributed by atoms with van der Waals surface area (Å²) < 4.78 is 5.57. The van der Waals surface area contributed by atoms with Crippen LogP contribution in [0.2, 0.25) is 0 Å². The van der Waals surface area contributed by atoms with Crippen molar-refractivity contribution in [1.29, 1.82) is 0 Å². The molecule has 8 heteroatoms. The fourth-order valence-electron chi connectivity index (χ4n) is 3.20. The Kier molecular flexibility index (Phi) is 3.74. The predicted octanol–water partition coefficient (Wildman–Crippen LogP) is 1.79. The number of thiazole rings is 1. The Morgan fingerprint density at radius 2 is 2.04 bits per heavy atom. The van der Waals surface area contributed by atoms with Gasteiger partial charge >= 0.3 is 6.09 Å². The summed E-state index contributed by atoms with van der Waals surface area (Å²) in [6.07, 6.45) is 0.260. The number of fused-ring (bicyclic) bond motifs is 4. The number of carbonyl (C=O) groups is 2. The lowest BCUT2D eigenvalue weighted by atomic mass is 9.93. The second-order valence-corrected chi connectivity index (χ2v) is 8.11. The SMILES string of the molecule is CC(=O)N1CC2Cc3nc(N)sc3C(C1)N2C(=O)OC(C)(C)C. The molecule has 0 saturated carbocycles. The summed E-state index contributed by atoms with van der Waals surface area (Å²) in [7, 11) is 0. The Morgan fingerprint density at radius 3 is 2.65 bits per heavy atom. The minimum absolute atomic E-state index is 0.0183. The minimum Gasteiger partial charge on any atom is -0.444 e. The van der Waals surface area contributed by atoms with E-state index in [-0.39, 0.29) is 24.1 Å². The Labute approximate surface area is 139 Å². The largest absolute Gasteiger partial charge is 0.444 e. The molecule has 2 aliphatic heterocycles. The zero-order valence-electron chi connectivity index (χ0n) is 13.8. The molecule has 3 rings (SSSR count). The second kappa shape index (κ2) is 5.36. The van der Waals surface area contributed by atoms with Crippen molar-refractivity contribution in [3.05, 3.63) is 10.6 Å². The van der Waals surface area contributed by atoms with Crippen molar-refractivity contribution in [3.63, 3.8) is 0 Å². The highest BCUT2D eigenvalue weighted by atomic mass is 32.1. The third-order valence-electron chi connectivity index (χ3n) is 4.08. The lowest BCUT2D eigenvalue weighted by molar-refractivity contribution is -0.134. The maximum Gasteiger partial charge on any atom is 0.411 e. The van der Waals surface area contributed by atoms with E-state index in [1.54, 1.807) is 16.7 Å². The molecule has 2 unspecified atom stereocenters. The van der Waals surface area contributed by atoms with Crippen LogP contribution in [0.25, 0.3) is 0 Å². The number of amides is 2. The number of hydrogen-bond donors (Lipinski definition) is 1. The summed E-state index contributed by atoms with van der Waals surface area (Å²) in [6.45, 7) is 8.07. The highest BCUT2D eigenvalue weighted by Crippen LogP contribution is 2.41. The zero-order valence-corrected chi connectivity index (χ0v) is 14.6. The zero-order chi connectivity index (χ0) is 16.9. The van der Waals surface area contributed by atoms with E-state index in [2.05, 4.69) is 4.98 Å². The first-order valence-corrected chi connectivity index (χ1v) is 8.49. The number of ether oxygens (including phenoxy) is 1. The van der Waals surface area contributed by atoms with E-state index in [4.69, 9.17) is 10.5 Å². The average Bonchev–Trinajstić information content (AvgIpc) is 2.75. The van der Waals surface area contributed by atoms with Gasteiger partial charge in [0, 0.05) is 26.4 Å². The van der Waals surface area contributed by atoms with Crippen molar-refractivity contribution in [3.8, 4) is 0 Å². The maximum absolute atomic E-state index is 12.7.